The smallest absolute Gasteiger partial charge is 0.120 e. The van der Waals surface area contributed by atoms with E-state index in [2.05, 4.69) is 24.8 Å². The second-order valence-electron chi connectivity index (χ2n) is 4.92. The summed E-state index contributed by atoms with van der Waals surface area (Å²) in [6, 6.07) is 4.64. The molecule has 1 aliphatic rings. The van der Waals surface area contributed by atoms with Crippen LogP contribution < -0.4 is 0 Å². The maximum Gasteiger partial charge on any atom is 0.120 e. The summed E-state index contributed by atoms with van der Waals surface area (Å²) >= 11 is 0. The van der Waals surface area contributed by atoms with Gasteiger partial charge in [0.15, 0.2) is 0 Å². The molecule has 0 aromatic carbocycles. The molecule has 0 saturated carbocycles. The molecule has 1 atom stereocenters. The van der Waals surface area contributed by atoms with Gasteiger partial charge in [0.2, 0.25) is 0 Å². The van der Waals surface area contributed by atoms with E-state index in [1.165, 1.54) is 32.4 Å². The topological polar surface area (TPSA) is 16.4 Å². The van der Waals surface area contributed by atoms with E-state index < -0.39 is 0 Å². The number of hydrogen-bond donors (Lipinski definition) is 0. The van der Waals surface area contributed by atoms with Crippen LogP contribution in [0.4, 0.5) is 0 Å². The Bertz CT molecular complexity index is 279. The molecule has 0 radical (unpaired) electrons. The zero-order valence-electron chi connectivity index (χ0n) is 9.78. The van der Waals surface area contributed by atoms with E-state index >= 15 is 0 Å². The summed E-state index contributed by atoms with van der Waals surface area (Å²) in [5.74, 6) is 1.89. The number of likely N-dealkylation sites (tertiary alicyclic amines) is 1. The fourth-order valence-electron chi connectivity index (χ4n) is 2.48. The van der Waals surface area contributed by atoms with Crippen LogP contribution in [0.5, 0.6) is 0 Å². The van der Waals surface area contributed by atoms with Gasteiger partial charge in [-0.25, -0.2) is 0 Å². The first kappa shape index (κ1) is 10.7. The van der Waals surface area contributed by atoms with Crippen molar-refractivity contribution >= 4 is 0 Å². The van der Waals surface area contributed by atoms with Gasteiger partial charge in [-0.3, -0.25) is 4.90 Å². The summed E-state index contributed by atoms with van der Waals surface area (Å²) in [5, 5.41) is 0. The molecule has 1 aromatic heterocycles. The summed E-state index contributed by atoms with van der Waals surface area (Å²) in [7, 11) is 0. The van der Waals surface area contributed by atoms with E-state index in [9.17, 15) is 0 Å². The maximum atomic E-state index is 5.54. The van der Waals surface area contributed by atoms with Crippen molar-refractivity contribution in [3.63, 3.8) is 0 Å². The predicted molar refractivity (Wildman–Crippen MR) is 61.7 cm³/mol. The first-order chi connectivity index (χ1) is 7.27. The molecule has 84 valence electrons. The van der Waals surface area contributed by atoms with E-state index in [1.807, 2.05) is 6.07 Å². The van der Waals surface area contributed by atoms with Gasteiger partial charge in [0, 0.05) is 6.54 Å². The maximum absolute atomic E-state index is 5.54. The molecule has 0 N–H and O–H groups in total. The highest BCUT2D eigenvalue weighted by Gasteiger charge is 2.25. The fourth-order valence-corrected chi connectivity index (χ4v) is 2.48. The molecule has 1 saturated heterocycles. The van der Waals surface area contributed by atoms with Crippen molar-refractivity contribution < 1.29 is 4.42 Å². The summed E-state index contributed by atoms with van der Waals surface area (Å²) < 4.78 is 5.54. The van der Waals surface area contributed by atoms with Crippen LogP contribution in [-0.2, 0) is 0 Å². The van der Waals surface area contributed by atoms with Gasteiger partial charge in [-0.15, -0.1) is 0 Å². The van der Waals surface area contributed by atoms with Crippen molar-refractivity contribution in [3.05, 3.63) is 24.2 Å². The lowest BCUT2D eigenvalue weighted by Crippen LogP contribution is -2.35. The van der Waals surface area contributed by atoms with Crippen LogP contribution in [0.15, 0.2) is 22.8 Å². The average molecular weight is 207 g/mol. The van der Waals surface area contributed by atoms with Crippen molar-refractivity contribution in [1.82, 2.24) is 4.90 Å². The van der Waals surface area contributed by atoms with Gasteiger partial charge in [-0.2, -0.15) is 0 Å². The van der Waals surface area contributed by atoms with Crippen molar-refractivity contribution in [3.8, 4) is 0 Å². The minimum Gasteiger partial charge on any atom is -0.468 e. The standard InChI is InChI=1S/C13H21NO/c1-11(2)10-14-8-4-3-6-12(14)13-7-5-9-15-13/h5,7,9,11-12H,3-4,6,8,10H2,1-2H3/t12-/m0/s1. The van der Waals surface area contributed by atoms with Gasteiger partial charge in [-0.1, -0.05) is 20.3 Å². The molecule has 1 aromatic rings. The van der Waals surface area contributed by atoms with Crippen LogP contribution in [0.3, 0.4) is 0 Å². The largest absolute Gasteiger partial charge is 0.468 e. The van der Waals surface area contributed by atoms with Gasteiger partial charge in [-0.05, 0) is 37.4 Å². The number of nitrogens with zero attached hydrogens (tertiary/aromatic N) is 1. The Morgan fingerprint density at radius 2 is 2.33 bits per heavy atom. The number of hydrogen-bond acceptors (Lipinski definition) is 2. The Hall–Kier alpha value is -0.760. The minimum atomic E-state index is 0.524. The number of rotatable bonds is 3. The molecule has 1 fully saturated rings. The second-order valence-corrected chi connectivity index (χ2v) is 4.92. The molecule has 0 bridgehead atoms. The van der Waals surface area contributed by atoms with E-state index in [0.717, 1.165) is 11.7 Å². The third-order valence-corrected chi connectivity index (χ3v) is 3.08. The fraction of sp³-hybridized carbons (Fsp3) is 0.692. The molecule has 2 rings (SSSR count). The van der Waals surface area contributed by atoms with Gasteiger partial charge < -0.3 is 4.42 Å². The van der Waals surface area contributed by atoms with Crippen molar-refractivity contribution in [2.75, 3.05) is 13.1 Å². The van der Waals surface area contributed by atoms with E-state index in [-0.39, 0.29) is 0 Å². The van der Waals surface area contributed by atoms with Gasteiger partial charge in [0.1, 0.15) is 5.76 Å². The SMILES string of the molecule is CC(C)CN1CCCC[C@H]1c1ccco1. The Kier molecular flexibility index (Phi) is 3.47. The number of piperidine rings is 1. The summed E-state index contributed by atoms with van der Waals surface area (Å²) in [6.45, 7) is 6.98. The molecule has 15 heavy (non-hydrogen) atoms. The molecule has 0 amide bonds. The first-order valence-electron chi connectivity index (χ1n) is 6.05. The highest BCUT2D eigenvalue weighted by Crippen LogP contribution is 2.31. The molecule has 0 aliphatic carbocycles. The van der Waals surface area contributed by atoms with Crippen LogP contribution >= 0.6 is 0 Å². The van der Waals surface area contributed by atoms with Gasteiger partial charge in [0.05, 0.1) is 12.3 Å². The van der Waals surface area contributed by atoms with Crippen molar-refractivity contribution in [1.29, 1.82) is 0 Å². The Balaban J connectivity index is 2.06. The summed E-state index contributed by atoms with van der Waals surface area (Å²) in [6.07, 6.45) is 5.71. The van der Waals surface area contributed by atoms with Crippen LogP contribution in [0.2, 0.25) is 0 Å². The summed E-state index contributed by atoms with van der Waals surface area (Å²) in [5.41, 5.74) is 0. The monoisotopic (exact) mass is 207 g/mol. The van der Waals surface area contributed by atoms with Crippen LogP contribution in [0.25, 0.3) is 0 Å². The zero-order valence-corrected chi connectivity index (χ0v) is 9.78. The highest BCUT2D eigenvalue weighted by atomic mass is 16.3. The van der Waals surface area contributed by atoms with Crippen molar-refractivity contribution in [2.45, 2.75) is 39.2 Å². The third-order valence-electron chi connectivity index (χ3n) is 3.08. The van der Waals surface area contributed by atoms with Crippen molar-refractivity contribution in [2.24, 2.45) is 5.92 Å². The Morgan fingerprint density at radius 3 is 3.00 bits per heavy atom. The normalized spacial score (nSPS) is 23.5. The lowest BCUT2D eigenvalue weighted by molar-refractivity contribution is 0.115. The lowest BCUT2D eigenvalue weighted by atomic mass is 9.99. The molecule has 0 unspecified atom stereocenters. The minimum absolute atomic E-state index is 0.524. The van der Waals surface area contributed by atoms with Crippen LogP contribution in [0, 0.1) is 5.92 Å². The lowest BCUT2D eigenvalue weighted by Gasteiger charge is -2.35. The molecule has 2 nitrogen and oxygen atoms in total. The molecular formula is C13H21NO. The van der Waals surface area contributed by atoms with Crippen LogP contribution in [0.1, 0.15) is 44.9 Å². The quantitative estimate of drug-likeness (QED) is 0.754. The van der Waals surface area contributed by atoms with Crippen LogP contribution in [-0.4, -0.2) is 18.0 Å². The Morgan fingerprint density at radius 1 is 1.47 bits per heavy atom. The molecule has 2 heteroatoms. The average Bonchev–Trinajstić information content (AvgIpc) is 2.70. The Labute approximate surface area is 92.3 Å². The molecule has 2 heterocycles. The zero-order chi connectivity index (χ0) is 10.7. The van der Waals surface area contributed by atoms with E-state index in [1.54, 1.807) is 6.26 Å². The highest BCUT2D eigenvalue weighted by molar-refractivity contribution is 5.05. The predicted octanol–water partition coefficient (Wildman–Crippen LogP) is 3.46. The van der Waals surface area contributed by atoms with E-state index in [4.69, 9.17) is 4.42 Å². The summed E-state index contributed by atoms with van der Waals surface area (Å²) in [4.78, 5) is 2.58. The number of furan rings is 1. The first-order valence-corrected chi connectivity index (χ1v) is 6.05. The molecule has 1 aliphatic heterocycles. The second kappa shape index (κ2) is 4.84. The third kappa shape index (κ3) is 2.63. The molecule has 0 spiro atoms. The van der Waals surface area contributed by atoms with E-state index in [0.29, 0.717) is 6.04 Å². The molecular weight excluding hydrogens is 186 g/mol. The van der Waals surface area contributed by atoms with Gasteiger partial charge in [0.25, 0.3) is 0 Å². The van der Waals surface area contributed by atoms with Gasteiger partial charge >= 0.3 is 0 Å².